The van der Waals surface area contributed by atoms with E-state index in [1.165, 1.54) is 24.3 Å². The number of nitro groups is 1. The van der Waals surface area contributed by atoms with Crippen molar-refractivity contribution in [2.75, 3.05) is 17.7 Å². The molecule has 1 aromatic carbocycles. The zero-order valence-corrected chi connectivity index (χ0v) is 11.9. The summed E-state index contributed by atoms with van der Waals surface area (Å²) >= 11 is 3.04. The van der Waals surface area contributed by atoms with E-state index in [0.717, 1.165) is 0 Å². The minimum absolute atomic E-state index is 0.0450. The van der Waals surface area contributed by atoms with Gasteiger partial charge in [0.1, 0.15) is 11.6 Å². The summed E-state index contributed by atoms with van der Waals surface area (Å²) in [4.78, 5) is 14.5. The van der Waals surface area contributed by atoms with E-state index < -0.39 is 10.7 Å². The van der Waals surface area contributed by atoms with Gasteiger partial charge >= 0.3 is 5.69 Å². The van der Waals surface area contributed by atoms with Gasteiger partial charge in [0.05, 0.1) is 9.40 Å². The third kappa shape index (κ3) is 3.02. The molecule has 2 aromatic rings. The van der Waals surface area contributed by atoms with Crippen LogP contribution >= 0.6 is 15.9 Å². The number of pyridine rings is 1. The van der Waals surface area contributed by atoms with E-state index in [1.54, 1.807) is 13.1 Å². The van der Waals surface area contributed by atoms with E-state index in [1.807, 2.05) is 0 Å². The number of hydrogen-bond acceptors (Lipinski definition) is 5. The van der Waals surface area contributed by atoms with Gasteiger partial charge in [-0.05, 0) is 40.2 Å². The molecule has 0 atom stereocenters. The molecule has 0 aliphatic heterocycles. The molecule has 0 unspecified atom stereocenters. The molecule has 2 N–H and O–H groups in total. The summed E-state index contributed by atoms with van der Waals surface area (Å²) in [5.41, 5.74) is 0.182. The Hall–Kier alpha value is -2.22. The number of nitrogens with one attached hydrogen (secondary N) is 2. The molecule has 8 heteroatoms. The summed E-state index contributed by atoms with van der Waals surface area (Å²) in [5, 5.41) is 16.5. The van der Waals surface area contributed by atoms with E-state index in [9.17, 15) is 14.5 Å². The number of hydrogen-bond donors (Lipinski definition) is 2. The highest BCUT2D eigenvalue weighted by Gasteiger charge is 2.16. The van der Waals surface area contributed by atoms with E-state index in [0.29, 0.717) is 16.0 Å². The van der Waals surface area contributed by atoms with Gasteiger partial charge in [-0.1, -0.05) is 0 Å². The molecule has 0 aliphatic carbocycles. The molecule has 6 nitrogen and oxygen atoms in total. The van der Waals surface area contributed by atoms with Gasteiger partial charge in [-0.15, -0.1) is 0 Å². The smallest absolute Gasteiger partial charge is 0.311 e. The van der Waals surface area contributed by atoms with Crippen molar-refractivity contribution in [3.8, 4) is 0 Å². The fourth-order valence-electron chi connectivity index (χ4n) is 1.54. The molecular weight excluding hydrogens is 331 g/mol. The molecule has 0 radical (unpaired) electrons. The Balaban J connectivity index is 2.40. The Morgan fingerprint density at radius 3 is 2.70 bits per heavy atom. The van der Waals surface area contributed by atoms with Crippen molar-refractivity contribution >= 4 is 38.9 Å². The highest BCUT2D eigenvalue weighted by molar-refractivity contribution is 9.10. The minimum Gasteiger partial charge on any atom is -0.373 e. The van der Waals surface area contributed by atoms with Gasteiger partial charge in [0.15, 0.2) is 0 Å². The molecule has 0 spiro atoms. The fourth-order valence-corrected chi connectivity index (χ4v) is 1.79. The van der Waals surface area contributed by atoms with Crippen molar-refractivity contribution in [3.05, 3.63) is 50.7 Å². The molecule has 2 rings (SSSR count). The maximum Gasteiger partial charge on any atom is 0.311 e. The lowest BCUT2D eigenvalue weighted by molar-refractivity contribution is -0.384. The van der Waals surface area contributed by atoms with E-state index in [-0.39, 0.29) is 11.5 Å². The summed E-state index contributed by atoms with van der Waals surface area (Å²) < 4.78 is 13.7. The molecule has 1 aromatic heterocycles. The van der Waals surface area contributed by atoms with Gasteiger partial charge in [-0.2, -0.15) is 0 Å². The molecule has 0 aliphatic rings. The van der Waals surface area contributed by atoms with Crippen LogP contribution in [-0.4, -0.2) is 17.0 Å². The van der Waals surface area contributed by atoms with Crippen molar-refractivity contribution in [2.24, 2.45) is 0 Å². The second-order valence-corrected chi connectivity index (χ2v) is 4.68. The van der Waals surface area contributed by atoms with Crippen molar-refractivity contribution < 1.29 is 9.31 Å². The van der Waals surface area contributed by atoms with E-state index in [4.69, 9.17) is 0 Å². The summed E-state index contributed by atoms with van der Waals surface area (Å²) in [6.45, 7) is 0. The Labute approximate surface area is 122 Å². The maximum atomic E-state index is 13.4. The Morgan fingerprint density at radius 2 is 2.10 bits per heavy atom. The van der Waals surface area contributed by atoms with Gasteiger partial charge in [-0.3, -0.25) is 10.1 Å². The van der Waals surface area contributed by atoms with Crippen LogP contribution < -0.4 is 10.6 Å². The SMILES string of the molecule is CNc1ccc([N+](=O)[O-])c(Nc2ccc(Br)c(F)c2)n1. The molecule has 0 bridgehead atoms. The van der Waals surface area contributed by atoms with Crippen LogP contribution in [0.25, 0.3) is 0 Å². The predicted octanol–water partition coefficient (Wildman–Crippen LogP) is 3.68. The minimum atomic E-state index is -0.552. The molecular formula is C12H10BrFN4O2. The van der Waals surface area contributed by atoms with Crippen LogP contribution in [0.3, 0.4) is 0 Å². The lowest BCUT2D eigenvalue weighted by Gasteiger charge is -2.08. The molecule has 104 valence electrons. The molecule has 1 heterocycles. The first kappa shape index (κ1) is 14.2. The van der Waals surface area contributed by atoms with Crippen molar-refractivity contribution in [3.63, 3.8) is 0 Å². The number of benzene rings is 1. The van der Waals surface area contributed by atoms with Crippen LogP contribution in [0.2, 0.25) is 0 Å². The van der Waals surface area contributed by atoms with Crippen molar-refractivity contribution in [2.45, 2.75) is 0 Å². The molecule has 20 heavy (non-hydrogen) atoms. The van der Waals surface area contributed by atoms with Crippen LogP contribution in [0.4, 0.5) is 27.4 Å². The van der Waals surface area contributed by atoms with E-state index in [2.05, 4.69) is 31.5 Å². The molecule has 0 saturated carbocycles. The van der Waals surface area contributed by atoms with Crippen LogP contribution in [0.5, 0.6) is 0 Å². The summed E-state index contributed by atoms with van der Waals surface area (Å²) in [6, 6.07) is 7.14. The van der Waals surface area contributed by atoms with Crippen LogP contribution in [-0.2, 0) is 0 Å². The van der Waals surface area contributed by atoms with E-state index >= 15 is 0 Å². The van der Waals surface area contributed by atoms with Gasteiger partial charge in [0.2, 0.25) is 5.82 Å². The molecule has 0 amide bonds. The maximum absolute atomic E-state index is 13.4. The third-order valence-electron chi connectivity index (χ3n) is 2.51. The van der Waals surface area contributed by atoms with Crippen LogP contribution in [0, 0.1) is 15.9 Å². The number of rotatable bonds is 4. The first-order valence-corrected chi connectivity index (χ1v) is 6.36. The third-order valence-corrected chi connectivity index (χ3v) is 3.15. The van der Waals surface area contributed by atoms with Crippen LogP contribution in [0.1, 0.15) is 0 Å². The Bertz CT molecular complexity index is 666. The zero-order valence-electron chi connectivity index (χ0n) is 10.4. The summed E-state index contributed by atoms with van der Waals surface area (Å²) in [6.07, 6.45) is 0. The number of aromatic nitrogens is 1. The fraction of sp³-hybridized carbons (Fsp3) is 0.0833. The standard InChI is InChI=1S/C12H10BrFN4O2/c1-15-11-5-4-10(18(19)20)12(17-11)16-7-2-3-8(13)9(14)6-7/h2-6H,1H3,(H2,15,16,17). The summed E-state index contributed by atoms with van der Waals surface area (Å²) in [7, 11) is 1.65. The monoisotopic (exact) mass is 340 g/mol. The van der Waals surface area contributed by atoms with Crippen molar-refractivity contribution in [1.82, 2.24) is 4.98 Å². The Morgan fingerprint density at radius 1 is 1.35 bits per heavy atom. The summed E-state index contributed by atoms with van der Waals surface area (Å²) in [5.74, 6) is 0.0432. The number of nitrogens with zero attached hydrogens (tertiary/aromatic N) is 2. The lowest BCUT2D eigenvalue weighted by atomic mass is 10.3. The Kier molecular flexibility index (Phi) is 4.14. The second kappa shape index (κ2) is 5.83. The van der Waals surface area contributed by atoms with Gasteiger partial charge < -0.3 is 10.6 Å². The highest BCUT2D eigenvalue weighted by Crippen LogP contribution is 2.28. The number of halogens is 2. The first-order valence-electron chi connectivity index (χ1n) is 5.56. The predicted molar refractivity (Wildman–Crippen MR) is 77.8 cm³/mol. The van der Waals surface area contributed by atoms with Crippen LogP contribution in [0.15, 0.2) is 34.8 Å². The normalized spacial score (nSPS) is 10.2. The lowest BCUT2D eigenvalue weighted by Crippen LogP contribution is -2.02. The topological polar surface area (TPSA) is 80.1 Å². The quantitative estimate of drug-likeness (QED) is 0.655. The molecule has 0 fully saturated rings. The molecule has 0 saturated heterocycles. The highest BCUT2D eigenvalue weighted by atomic mass is 79.9. The average molecular weight is 341 g/mol. The number of anilines is 3. The first-order chi connectivity index (χ1) is 9.51. The van der Waals surface area contributed by atoms with Crippen molar-refractivity contribution in [1.29, 1.82) is 0 Å². The van der Waals surface area contributed by atoms with Gasteiger partial charge in [0.25, 0.3) is 0 Å². The van der Waals surface area contributed by atoms with Gasteiger partial charge in [-0.25, -0.2) is 9.37 Å². The second-order valence-electron chi connectivity index (χ2n) is 3.83. The largest absolute Gasteiger partial charge is 0.373 e. The average Bonchev–Trinajstić information content (AvgIpc) is 2.42. The van der Waals surface area contributed by atoms with Gasteiger partial charge in [0, 0.05) is 18.8 Å². The zero-order chi connectivity index (χ0) is 14.7.